The van der Waals surface area contributed by atoms with E-state index in [9.17, 15) is 18.0 Å². The number of hydrogen-bond acceptors (Lipinski definition) is 1. The molecule has 1 rings (SSSR count). The van der Waals surface area contributed by atoms with Crippen LogP contribution in [0.25, 0.3) is 0 Å². The molecule has 0 aliphatic heterocycles. The third-order valence-corrected chi connectivity index (χ3v) is 1.53. The van der Waals surface area contributed by atoms with E-state index in [2.05, 4.69) is 0 Å². The minimum absolute atomic E-state index is 0.132. The van der Waals surface area contributed by atoms with Crippen LogP contribution in [-0.4, -0.2) is 5.78 Å². The van der Waals surface area contributed by atoms with Gasteiger partial charge in [0.1, 0.15) is 0 Å². The highest BCUT2D eigenvalue weighted by Gasteiger charge is 2.29. The average molecular weight is 189 g/mol. The highest BCUT2D eigenvalue weighted by Crippen LogP contribution is 2.28. The summed E-state index contributed by atoms with van der Waals surface area (Å²) < 4.78 is 43.0. The molecule has 1 nitrogen and oxygen atoms in total. The normalized spacial score (nSPS) is 12.4. The molecule has 70 valence electrons. The molecule has 4 heteroatoms. The fourth-order valence-corrected chi connectivity index (χ4v) is 0.845. The van der Waals surface area contributed by atoms with Crippen LogP contribution in [0.3, 0.4) is 0 Å². The Morgan fingerprint density at radius 2 is 1.85 bits per heavy atom. The topological polar surface area (TPSA) is 17.1 Å². The molecule has 0 saturated heterocycles. The van der Waals surface area contributed by atoms with Crippen LogP contribution in [0.2, 0.25) is 0 Å². The lowest BCUT2D eigenvalue weighted by molar-refractivity contribution is -0.137. The van der Waals surface area contributed by atoms with Gasteiger partial charge >= 0.3 is 6.18 Å². The van der Waals surface area contributed by atoms with E-state index in [1.54, 1.807) is 0 Å². The van der Waals surface area contributed by atoms with Gasteiger partial charge in [0.15, 0.2) is 5.78 Å². The second-order valence-corrected chi connectivity index (χ2v) is 2.50. The van der Waals surface area contributed by atoms with Crippen molar-refractivity contribution in [2.24, 2.45) is 0 Å². The molecule has 0 amide bonds. The Kier molecular flexibility index (Phi) is 2.04. The molecule has 1 aromatic rings. The summed E-state index contributed by atoms with van der Waals surface area (Å²) in [5.41, 5.74) is -0.660. The lowest BCUT2D eigenvalue weighted by atomic mass is 10.1. The Balaban J connectivity index is 2.95. The van der Waals surface area contributed by atoms with Crippen LogP contribution in [0, 0.1) is 0 Å². The first kappa shape index (κ1) is 8.29. The van der Waals surface area contributed by atoms with Gasteiger partial charge in [0.05, 0.1) is 5.56 Å². The molecule has 0 spiro atoms. The first-order valence-corrected chi connectivity index (χ1v) is 3.45. The summed E-state index contributed by atoms with van der Waals surface area (Å²) in [6, 6.07) is 3.84. The summed E-state index contributed by atoms with van der Waals surface area (Å²) >= 11 is 0. The van der Waals surface area contributed by atoms with Crippen molar-refractivity contribution in [3.8, 4) is 0 Å². The van der Waals surface area contributed by atoms with E-state index >= 15 is 0 Å². The van der Waals surface area contributed by atoms with Gasteiger partial charge in [0, 0.05) is 6.93 Å². The predicted octanol–water partition coefficient (Wildman–Crippen LogP) is 2.91. The lowest BCUT2D eigenvalue weighted by Crippen LogP contribution is -2.05. The Morgan fingerprint density at radius 3 is 2.23 bits per heavy atom. The monoisotopic (exact) mass is 189 g/mol. The van der Waals surface area contributed by atoms with Crippen LogP contribution in [0.5, 0.6) is 0 Å². The fourth-order valence-electron chi connectivity index (χ4n) is 0.845. The molecule has 0 aliphatic rings. The molecule has 0 saturated carbocycles. The Hall–Kier alpha value is -1.32. The van der Waals surface area contributed by atoms with Gasteiger partial charge in [-0.2, -0.15) is 13.2 Å². The molecule has 1 aromatic carbocycles. The molecular weight excluding hydrogens is 181 g/mol. The van der Waals surface area contributed by atoms with Crippen molar-refractivity contribution in [2.75, 3.05) is 0 Å². The molecule has 0 N–H and O–H groups in total. The molecular formula is C9H7F3O. The van der Waals surface area contributed by atoms with E-state index in [0.29, 0.717) is 0 Å². The standard InChI is InChI=1S/C9H7F3O/c1-6(13)7-2-4-8(5-3-7)9(10,11)12/h2-5H,1H3/i1D. The van der Waals surface area contributed by atoms with Crippen molar-refractivity contribution in [1.82, 2.24) is 0 Å². The molecule has 0 aliphatic carbocycles. The molecule has 0 bridgehead atoms. The van der Waals surface area contributed by atoms with E-state index in [-0.39, 0.29) is 5.56 Å². The molecule has 0 aromatic heterocycles. The maximum absolute atomic E-state index is 12.1. The summed E-state index contributed by atoms with van der Waals surface area (Å²) in [5, 5.41) is 0. The highest BCUT2D eigenvalue weighted by molar-refractivity contribution is 5.94. The lowest BCUT2D eigenvalue weighted by Gasteiger charge is -2.05. The van der Waals surface area contributed by atoms with Crippen molar-refractivity contribution >= 4 is 5.78 Å². The molecule has 0 atom stereocenters. The van der Waals surface area contributed by atoms with Gasteiger partial charge in [-0.1, -0.05) is 12.1 Å². The third kappa shape index (κ3) is 2.31. The number of ketones is 1. The maximum Gasteiger partial charge on any atom is 0.416 e. The van der Waals surface area contributed by atoms with Gasteiger partial charge in [-0.25, -0.2) is 0 Å². The molecule has 0 heterocycles. The van der Waals surface area contributed by atoms with Gasteiger partial charge in [0.25, 0.3) is 0 Å². The first-order chi connectivity index (χ1) is 6.45. The zero-order valence-corrected chi connectivity index (χ0v) is 6.56. The smallest absolute Gasteiger partial charge is 0.295 e. The van der Waals surface area contributed by atoms with E-state index < -0.39 is 24.4 Å². The van der Waals surface area contributed by atoms with E-state index in [1.165, 1.54) is 0 Å². The summed E-state index contributed by atoms with van der Waals surface area (Å²) in [4.78, 5) is 10.9. The van der Waals surface area contributed by atoms with Gasteiger partial charge in [-0.05, 0) is 19.0 Å². The van der Waals surface area contributed by atoms with Crippen LogP contribution in [0.15, 0.2) is 24.3 Å². The van der Waals surface area contributed by atoms with Crippen molar-refractivity contribution in [1.29, 1.82) is 0 Å². The molecule has 13 heavy (non-hydrogen) atoms. The molecule has 0 fully saturated rings. The second kappa shape index (κ2) is 3.20. The number of benzene rings is 1. The number of carbonyl (C=O) groups excluding carboxylic acids is 1. The predicted molar refractivity (Wildman–Crippen MR) is 41.4 cm³/mol. The largest absolute Gasteiger partial charge is 0.416 e. The van der Waals surface area contributed by atoms with Gasteiger partial charge in [0.2, 0.25) is 0 Å². The van der Waals surface area contributed by atoms with Crippen LogP contribution in [0.4, 0.5) is 13.2 Å². The second-order valence-electron chi connectivity index (χ2n) is 2.50. The summed E-state index contributed by atoms with van der Waals surface area (Å²) in [5.74, 6) is -0.487. The molecule has 0 radical (unpaired) electrons. The van der Waals surface area contributed by atoms with Gasteiger partial charge in [-0.3, -0.25) is 4.79 Å². The number of carbonyl (C=O) groups is 1. The van der Waals surface area contributed by atoms with E-state index in [4.69, 9.17) is 1.37 Å². The number of alkyl halides is 3. The summed E-state index contributed by atoms with van der Waals surface area (Å²) in [6.07, 6.45) is -4.39. The van der Waals surface area contributed by atoms with Gasteiger partial charge < -0.3 is 0 Å². The number of Topliss-reactive ketones (excluding diaryl/α,β-unsaturated/α-hetero) is 1. The van der Waals surface area contributed by atoms with Crippen molar-refractivity contribution in [3.05, 3.63) is 35.4 Å². The van der Waals surface area contributed by atoms with Crippen LogP contribution >= 0.6 is 0 Å². The Morgan fingerprint density at radius 1 is 1.31 bits per heavy atom. The minimum atomic E-state index is -4.39. The zero-order valence-electron chi connectivity index (χ0n) is 7.56. The van der Waals surface area contributed by atoms with Crippen molar-refractivity contribution < 1.29 is 19.3 Å². The van der Waals surface area contributed by atoms with Crippen molar-refractivity contribution in [2.45, 2.75) is 13.1 Å². The number of rotatable bonds is 1. The highest BCUT2D eigenvalue weighted by atomic mass is 19.4. The quantitative estimate of drug-likeness (QED) is 0.621. The maximum atomic E-state index is 12.1. The Labute approximate surface area is 74.6 Å². The first-order valence-electron chi connectivity index (χ1n) is 4.15. The van der Waals surface area contributed by atoms with E-state index in [1.807, 2.05) is 0 Å². The molecule has 0 unspecified atom stereocenters. The van der Waals surface area contributed by atoms with Crippen LogP contribution in [0.1, 0.15) is 24.2 Å². The van der Waals surface area contributed by atoms with Crippen LogP contribution < -0.4 is 0 Å². The SMILES string of the molecule is [2H]CC(=O)c1ccc(C(F)(F)F)cc1. The van der Waals surface area contributed by atoms with Gasteiger partial charge in [-0.15, -0.1) is 0 Å². The minimum Gasteiger partial charge on any atom is -0.295 e. The Bertz CT molecular complexity index is 329. The third-order valence-electron chi connectivity index (χ3n) is 1.53. The fraction of sp³-hybridized carbons (Fsp3) is 0.222. The zero-order chi connectivity index (χ0) is 10.8. The average Bonchev–Trinajstić information content (AvgIpc) is 2.15. The van der Waals surface area contributed by atoms with E-state index in [0.717, 1.165) is 24.3 Å². The van der Waals surface area contributed by atoms with Crippen LogP contribution in [-0.2, 0) is 6.18 Å². The van der Waals surface area contributed by atoms with Crippen molar-refractivity contribution in [3.63, 3.8) is 0 Å². The number of hydrogen-bond donors (Lipinski definition) is 0. The summed E-state index contributed by atoms with van der Waals surface area (Å²) in [7, 11) is 0. The summed E-state index contributed by atoms with van der Waals surface area (Å²) in [6.45, 7) is -0.453. The number of halogens is 3.